The number of hydrogen-bond acceptors (Lipinski definition) is 3. The maximum absolute atomic E-state index is 9.94. The highest BCUT2D eigenvalue weighted by molar-refractivity contribution is 7.99. The van der Waals surface area contributed by atoms with E-state index in [1.807, 2.05) is 6.07 Å². The lowest BCUT2D eigenvalue weighted by Gasteiger charge is -2.09. The van der Waals surface area contributed by atoms with Crippen molar-refractivity contribution >= 4 is 23.1 Å². The van der Waals surface area contributed by atoms with Gasteiger partial charge in [0.05, 0.1) is 6.10 Å². The van der Waals surface area contributed by atoms with Gasteiger partial charge in [0.1, 0.15) is 0 Å². The number of aliphatic hydroxyl groups excluding tert-OH is 1. The Morgan fingerprint density at radius 2 is 2.18 bits per heavy atom. The second-order valence-corrected chi connectivity index (χ2v) is 6.19. The van der Waals surface area contributed by atoms with E-state index in [4.69, 9.17) is 0 Å². The zero-order valence-electron chi connectivity index (χ0n) is 9.80. The van der Waals surface area contributed by atoms with E-state index in [0.717, 1.165) is 12.2 Å². The van der Waals surface area contributed by atoms with Gasteiger partial charge in [-0.1, -0.05) is 23.8 Å². The molecule has 0 radical (unpaired) electrons. The van der Waals surface area contributed by atoms with Crippen molar-refractivity contribution in [2.45, 2.75) is 24.3 Å². The molecule has 1 heterocycles. The van der Waals surface area contributed by atoms with E-state index in [-0.39, 0.29) is 6.10 Å². The Labute approximate surface area is 111 Å². The smallest absolute Gasteiger partial charge is 0.0682 e. The van der Waals surface area contributed by atoms with Crippen LogP contribution in [0.15, 0.2) is 46.7 Å². The zero-order valence-corrected chi connectivity index (χ0v) is 11.4. The molecule has 0 fully saturated rings. The number of hydrogen-bond donors (Lipinski definition) is 1. The van der Waals surface area contributed by atoms with Crippen molar-refractivity contribution in [2.75, 3.05) is 5.75 Å². The van der Waals surface area contributed by atoms with E-state index in [1.54, 1.807) is 23.1 Å². The van der Waals surface area contributed by atoms with E-state index in [0.29, 0.717) is 0 Å². The van der Waals surface area contributed by atoms with Crippen LogP contribution >= 0.6 is 23.1 Å². The maximum atomic E-state index is 9.94. The Hall–Kier alpha value is -0.770. The molecule has 1 atom stereocenters. The SMILES string of the molecule is Cc1cccc(SCC(O)Cc2cccs2)c1. The van der Waals surface area contributed by atoms with Gasteiger partial charge in [0, 0.05) is 21.9 Å². The van der Waals surface area contributed by atoms with Crippen LogP contribution in [0.25, 0.3) is 0 Å². The molecule has 0 aliphatic rings. The van der Waals surface area contributed by atoms with Gasteiger partial charge in [0.15, 0.2) is 0 Å². The topological polar surface area (TPSA) is 20.2 Å². The van der Waals surface area contributed by atoms with Gasteiger partial charge in [0.2, 0.25) is 0 Å². The summed E-state index contributed by atoms with van der Waals surface area (Å²) < 4.78 is 0. The van der Waals surface area contributed by atoms with Crippen molar-refractivity contribution in [1.82, 2.24) is 0 Å². The molecule has 0 aliphatic heterocycles. The molecule has 1 unspecified atom stereocenters. The summed E-state index contributed by atoms with van der Waals surface area (Å²) in [5, 5.41) is 12.0. The van der Waals surface area contributed by atoms with E-state index < -0.39 is 0 Å². The second kappa shape index (κ2) is 6.24. The molecular formula is C14H16OS2. The third kappa shape index (κ3) is 4.19. The first kappa shape index (κ1) is 12.7. The van der Waals surface area contributed by atoms with Gasteiger partial charge in [-0.3, -0.25) is 0 Å². The molecule has 1 N–H and O–H groups in total. The van der Waals surface area contributed by atoms with Gasteiger partial charge < -0.3 is 5.11 Å². The zero-order chi connectivity index (χ0) is 12.1. The second-order valence-electron chi connectivity index (χ2n) is 4.06. The fourth-order valence-corrected chi connectivity index (χ4v) is 3.34. The van der Waals surface area contributed by atoms with Crippen LogP contribution in [0.1, 0.15) is 10.4 Å². The van der Waals surface area contributed by atoms with Crippen LogP contribution in [0, 0.1) is 6.92 Å². The first-order chi connectivity index (χ1) is 8.24. The largest absolute Gasteiger partial charge is 0.392 e. The number of benzene rings is 1. The lowest BCUT2D eigenvalue weighted by atomic mass is 10.2. The normalized spacial score (nSPS) is 12.6. The van der Waals surface area contributed by atoms with E-state index in [2.05, 4.69) is 42.6 Å². The van der Waals surface area contributed by atoms with Gasteiger partial charge in [-0.05, 0) is 30.5 Å². The minimum absolute atomic E-state index is 0.265. The number of aryl methyl sites for hydroxylation is 1. The van der Waals surface area contributed by atoms with Crippen LogP contribution < -0.4 is 0 Å². The summed E-state index contributed by atoms with van der Waals surface area (Å²) in [6.45, 7) is 2.09. The van der Waals surface area contributed by atoms with Crippen LogP contribution in [0.4, 0.5) is 0 Å². The van der Waals surface area contributed by atoms with Gasteiger partial charge in [-0.25, -0.2) is 0 Å². The summed E-state index contributed by atoms with van der Waals surface area (Å²) >= 11 is 3.43. The molecule has 0 bridgehead atoms. The Morgan fingerprint density at radius 1 is 1.29 bits per heavy atom. The molecule has 0 amide bonds. The third-order valence-electron chi connectivity index (χ3n) is 2.45. The Bertz CT molecular complexity index is 451. The highest BCUT2D eigenvalue weighted by Gasteiger charge is 2.07. The van der Waals surface area contributed by atoms with Gasteiger partial charge in [-0.2, -0.15) is 0 Å². The van der Waals surface area contributed by atoms with Crippen LogP contribution in [-0.4, -0.2) is 17.0 Å². The molecule has 1 aromatic carbocycles. The molecule has 0 aliphatic carbocycles. The monoisotopic (exact) mass is 264 g/mol. The van der Waals surface area contributed by atoms with Crippen molar-refractivity contribution in [3.05, 3.63) is 52.2 Å². The van der Waals surface area contributed by atoms with E-state index >= 15 is 0 Å². The molecule has 0 saturated carbocycles. The molecule has 0 spiro atoms. The van der Waals surface area contributed by atoms with Crippen LogP contribution in [0.2, 0.25) is 0 Å². The fourth-order valence-electron chi connectivity index (χ4n) is 1.62. The van der Waals surface area contributed by atoms with Gasteiger partial charge >= 0.3 is 0 Å². The summed E-state index contributed by atoms with van der Waals surface area (Å²) in [4.78, 5) is 2.48. The molecule has 2 aromatic rings. The quantitative estimate of drug-likeness (QED) is 0.830. The molecule has 90 valence electrons. The lowest BCUT2D eigenvalue weighted by Crippen LogP contribution is -2.12. The summed E-state index contributed by atoms with van der Waals surface area (Å²) in [5.41, 5.74) is 1.27. The van der Waals surface area contributed by atoms with Crippen molar-refractivity contribution in [3.8, 4) is 0 Å². The maximum Gasteiger partial charge on any atom is 0.0682 e. The van der Waals surface area contributed by atoms with Crippen molar-refractivity contribution in [2.24, 2.45) is 0 Å². The van der Waals surface area contributed by atoms with Crippen LogP contribution in [0.5, 0.6) is 0 Å². The molecule has 3 heteroatoms. The van der Waals surface area contributed by atoms with Gasteiger partial charge in [-0.15, -0.1) is 23.1 Å². The standard InChI is InChI=1S/C14H16OS2/c1-11-4-2-5-13(8-11)17-10-12(15)9-14-6-3-7-16-14/h2-8,12,15H,9-10H2,1H3. The molecule has 0 saturated heterocycles. The highest BCUT2D eigenvalue weighted by Crippen LogP contribution is 2.21. The predicted octanol–water partition coefficient (Wildman–Crippen LogP) is 3.75. The predicted molar refractivity (Wildman–Crippen MR) is 75.9 cm³/mol. The first-order valence-electron chi connectivity index (χ1n) is 5.64. The summed E-state index contributed by atoms with van der Waals surface area (Å²) in [6, 6.07) is 12.5. The van der Waals surface area contributed by atoms with E-state index in [1.165, 1.54) is 15.3 Å². The summed E-state index contributed by atoms with van der Waals surface area (Å²) in [5.74, 6) is 0.751. The Morgan fingerprint density at radius 3 is 2.88 bits per heavy atom. The van der Waals surface area contributed by atoms with E-state index in [9.17, 15) is 5.11 Å². The molecular weight excluding hydrogens is 248 g/mol. The molecule has 17 heavy (non-hydrogen) atoms. The average Bonchev–Trinajstić information content (AvgIpc) is 2.79. The summed E-state index contributed by atoms with van der Waals surface area (Å²) in [6.07, 6.45) is 0.496. The summed E-state index contributed by atoms with van der Waals surface area (Å²) in [7, 11) is 0. The third-order valence-corrected chi connectivity index (χ3v) is 4.49. The van der Waals surface area contributed by atoms with Crippen LogP contribution in [0.3, 0.4) is 0 Å². The Kier molecular flexibility index (Phi) is 4.66. The molecule has 1 aromatic heterocycles. The molecule has 2 rings (SSSR count). The Balaban J connectivity index is 1.82. The number of aliphatic hydroxyl groups is 1. The number of rotatable bonds is 5. The highest BCUT2D eigenvalue weighted by atomic mass is 32.2. The minimum atomic E-state index is -0.265. The minimum Gasteiger partial charge on any atom is -0.392 e. The van der Waals surface area contributed by atoms with Gasteiger partial charge in [0.25, 0.3) is 0 Å². The lowest BCUT2D eigenvalue weighted by molar-refractivity contribution is 0.201. The van der Waals surface area contributed by atoms with Crippen molar-refractivity contribution in [1.29, 1.82) is 0 Å². The average molecular weight is 264 g/mol. The van der Waals surface area contributed by atoms with Crippen molar-refractivity contribution < 1.29 is 5.11 Å². The number of thiophene rings is 1. The van der Waals surface area contributed by atoms with Crippen molar-refractivity contribution in [3.63, 3.8) is 0 Å². The van der Waals surface area contributed by atoms with Crippen LogP contribution in [-0.2, 0) is 6.42 Å². The number of thioether (sulfide) groups is 1. The molecule has 1 nitrogen and oxygen atoms in total. The first-order valence-corrected chi connectivity index (χ1v) is 7.50. The fraction of sp³-hybridized carbons (Fsp3) is 0.286.